The number of aliphatic carboxylic acids is 1. The number of carboxylic acid groups (broad SMARTS) is 1. The van der Waals surface area contributed by atoms with Gasteiger partial charge in [0, 0.05) is 6.61 Å². The van der Waals surface area contributed by atoms with Crippen LogP contribution in [0.3, 0.4) is 0 Å². The molecule has 0 saturated carbocycles. The maximum Gasteiger partial charge on any atom is 0.322 e. The molecule has 0 aromatic rings. The number of nitrogens with two attached hydrogens (primary N) is 1. The van der Waals surface area contributed by atoms with Crippen molar-refractivity contribution >= 4 is 5.97 Å². The molecule has 0 radical (unpaired) electrons. The van der Waals surface area contributed by atoms with Crippen molar-refractivity contribution in [2.45, 2.75) is 13.0 Å². The van der Waals surface area contributed by atoms with E-state index in [4.69, 9.17) is 15.6 Å². The monoisotopic (exact) mass is 133 g/mol. The second-order valence-electron chi connectivity index (χ2n) is 1.60. The van der Waals surface area contributed by atoms with Gasteiger partial charge in [-0.15, -0.1) is 0 Å². The smallest absolute Gasteiger partial charge is 0.322 e. The molecule has 0 fully saturated rings. The van der Waals surface area contributed by atoms with Crippen molar-refractivity contribution in [1.29, 1.82) is 0 Å². The van der Waals surface area contributed by atoms with Crippen LogP contribution in [-0.2, 0) is 9.53 Å². The predicted octanol–water partition coefficient (Wildman–Crippen LogP) is -0.565. The minimum atomic E-state index is -1.02. The summed E-state index contributed by atoms with van der Waals surface area (Å²) in [5, 5.41) is 8.20. The number of carbonyl (C=O) groups is 1. The van der Waals surface area contributed by atoms with Crippen LogP contribution in [0.15, 0.2) is 0 Å². The highest BCUT2D eigenvalue weighted by Gasteiger charge is 2.09. The molecule has 1 atom stereocenters. The molecule has 0 heterocycles. The second-order valence-corrected chi connectivity index (χ2v) is 1.60. The lowest BCUT2D eigenvalue weighted by atomic mass is 10.3. The van der Waals surface area contributed by atoms with Gasteiger partial charge in [0.05, 0.1) is 6.61 Å². The minimum Gasteiger partial charge on any atom is -0.480 e. The number of rotatable bonds is 4. The van der Waals surface area contributed by atoms with Crippen molar-refractivity contribution in [3.05, 3.63) is 0 Å². The SMILES string of the molecule is CCOC[C@@H](N)C(=O)O. The van der Waals surface area contributed by atoms with Gasteiger partial charge in [0.1, 0.15) is 6.04 Å². The van der Waals surface area contributed by atoms with E-state index < -0.39 is 12.0 Å². The number of hydrogen-bond acceptors (Lipinski definition) is 3. The molecule has 0 aromatic heterocycles. The molecule has 54 valence electrons. The van der Waals surface area contributed by atoms with E-state index in [1.807, 2.05) is 0 Å². The van der Waals surface area contributed by atoms with Crippen LogP contribution in [-0.4, -0.2) is 30.3 Å². The summed E-state index contributed by atoms with van der Waals surface area (Å²) in [4.78, 5) is 10.0. The maximum atomic E-state index is 10.0. The Hall–Kier alpha value is -0.610. The number of carboxylic acids is 1. The molecule has 4 heteroatoms. The van der Waals surface area contributed by atoms with Gasteiger partial charge in [0.25, 0.3) is 0 Å². The Labute approximate surface area is 53.6 Å². The first-order valence-electron chi connectivity index (χ1n) is 2.74. The summed E-state index contributed by atoms with van der Waals surface area (Å²) >= 11 is 0. The van der Waals surface area contributed by atoms with Crippen molar-refractivity contribution < 1.29 is 14.6 Å². The van der Waals surface area contributed by atoms with E-state index in [9.17, 15) is 4.79 Å². The van der Waals surface area contributed by atoms with Gasteiger partial charge in [0.15, 0.2) is 0 Å². The number of hydrogen-bond donors (Lipinski definition) is 2. The van der Waals surface area contributed by atoms with Crippen LogP contribution in [0.1, 0.15) is 6.92 Å². The molecule has 0 aliphatic rings. The first kappa shape index (κ1) is 8.39. The first-order valence-corrected chi connectivity index (χ1v) is 2.74. The van der Waals surface area contributed by atoms with Crippen molar-refractivity contribution in [2.24, 2.45) is 5.73 Å². The molecular formula is C5H11NO3. The molecule has 0 unspecified atom stereocenters. The molecule has 3 N–H and O–H groups in total. The van der Waals surface area contributed by atoms with E-state index in [2.05, 4.69) is 0 Å². The highest BCUT2D eigenvalue weighted by molar-refractivity contribution is 5.73. The van der Waals surface area contributed by atoms with Crippen LogP contribution >= 0.6 is 0 Å². The third kappa shape index (κ3) is 3.93. The summed E-state index contributed by atoms with van der Waals surface area (Å²) in [6, 6.07) is -0.884. The molecule has 4 nitrogen and oxygen atoms in total. The quantitative estimate of drug-likeness (QED) is 0.539. The minimum absolute atomic E-state index is 0.0891. The van der Waals surface area contributed by atoms with Crippen molar-refractivity contribution in [3.8, 4) is 0 Å². The lowest BCUT2D eigenvalue weighted by Crippen LogP contribution is -2.34. The average Bonchev–Trinajstić information content (AvgIpc) is 1.82. The van der Waals surface area contributed by atoms with Crippen LogP contribution in [0.25, 0.3) is 0 Å². The second kappa shape index (κ2) is 4.29. The van der Waals surface area contributed by atoms with E-state index in [-0.39, 0.29) is 6.61 Å². The molecule has 0 bridgehead atoms. The van der Waals surface area contributed by atoms with E-state index in [1.165, 1.54) is 0 Å². The Balaban J connectivity index is 3.27. The summed E-state index contributed by atoms with van der Waals surface area (Å²) < 4.78 is 4.75. The number of ether oxygens (including phenoxy) is 1. The van der Waals surface area contributed by atoms with Crippen LogP contribution in [0.5, 0.6) is 0 Å². The normalized spacial score (nSPS) is 13.1. The van der Waals surface area contributed by atoms with E-state index in [0.29, 0.717) is 6.61 Å². The summed E-state index contributed by atoms with van der Waals surface area (Å²) in [6.45, 7) is 2.38. The van der Waals surface area contributed by atoms with Crippen molar-refractivity contribution in [2.75, 3.05) is 13.2 Å². The van der Waals surface area contributed by atoms with Crippen LogP contribution in [0.2, 0.25) is 0 Å². The van der Waals surface area contributed by atoms with E-state index in [0.717, 1.165) is 0 Å². The Morgan fingerprint density at radius 3 is 2.78 bits per heavy atom. The van der Waals surface area contributed by atoms with Gasteiger partial charge < -0.3 is 15.6 Å². The van der Waals surface area contributed by atoms with Crippen LogP contribution in [0, 0.1) is 0 Å². The van der Waals surface area contributed by atoms with Gasteiger partial charge in [-0.25, -0.2) is 0 Å². The predicted molar refractivity (Wildman–Crippen MR) is 32.1 cm³/mol. The molecule has 0 aliphatic heterocycles. The van der Waals surface area contributed by atoms with Gasteiger partial charge >= 0.3 is 5.97 Å². The van der Waals surface area contributed by atoms with E-state index in [1.54, 1.807) is 6.92 Å². The van der Waals surface area contributed by atoms with Gasteiger partial charge in [0.2, 0.25) is 0 Å². The van der Waals surface area contributed by atoms with Gasteiger partial charge in [-0.1, -0.05) is 0 Å². The lowest BCUT2D eigenvalue weighted by molar-refractivity contribution is -0.139. The van der Waals surface area contributed by atoms with Crippen molar-refractivity contribution in [3.63, 3.8) is 0 Å². The summed E-state index contributed by atoms with van der Waals surface area (Å²) in [5.74, 6) is -1.02. The lowest BCUT2D eigenvalue weighted by Gasteiger charge is -2.03. The van der Waals surface area contributed by atoms with Crippen molar-refractivity contribution in [1.82, 2.24) is 0 Å². The fourth-order valence-electron chi connectivity index (χ4n) is 0.316. The summed E-state index contributed by atoms with van der Waals surface area (Å²) in [5.41, 5.74) is 5.08. The van der Waals surface area contributed by atoms with Crippen LogP contribution in [0.4, 0.5) is 0 Å². The Morgan fingerprint density at radius 1 is 1.89 bits per heavy atom. The zero-order valence-corrected chi connectivity index (χ0v) is 5.33. The highest BCUT2D eigenvalue weighted by Crippen LogP contribution is 1.80. The molecule has 0 aliphatic carbocycles. The molecule has 0 saturated heterocycles. The molecule has 9 heavy (non-hydrogen) atoms. The zero-order valence-electron chi connectivity index (χ0n) is 5.33. The fraction of sp³-hybridized carbons (Fsp3) is 0.800. The molecule has 0 aromatic carbocycles. The summed E-state index contributed by atoms with van der Waals surface area (Å²) in [7, 11) is 0. The Kier molecular flexibility index (Phi) is 4.00. The van der Waals surface area contributed by atoms with Gasteiger partial charge in [-0.05, 0) is 6.92 Å². The van der Waals surface area contributed by atoms with Crippen LogP contribution < -0.4 is 5.73 Å². The summed E-state index contributed by atoms with van der Waals surface area (Å²) in [6.07, 6.45) is 0. The van der Waals surface area contributed by atoms with Gasteiger partial charge in [-0.3, -0.25) is 4.79 Å². The third-order valence-corrected chi connectivity index (χ3v) is 0.819. The Morgan fingerprint density at radius 2 is 2.44 bits per heavy atom. The Bertz CT molecular complexity index is 94.2. The molecule has 0 amide bonds. The average molecular weight is 133 g/mol. The third-order valence-electron chi connectivity index (χ3n) is 0.819. The van der Waals surface area contributed by atoms with Gasteiger partial charge in [-0.2, -0.15) is 0 Å². The zero-order chi connectivity index (χ0) is 7.28. The molecular weight excluding hydrogens is 122 g/mol. The fourth-order valence-corrected chi connectivity index (χ4v) is 0.316. The van der Waals surface area contributed by atoms with E-state index >= 15 is 0 Å². The topological polar surface area (TPSA) is 72.5 Å². The highest BCUT2D eigenvalue weighted by atomic mass is 16.5. The largest absolute Gasteiger partial charge is 0.480 e. The molecule has 0 rings (SSSR count). The maximum absolute atomic E-state index is 10.0. The standard InChI is InChI=1S/C5H11NO3/c1-2-9-3-4(6)5(7)8/h4H,2-3,6H2,1H3,(H,7,8)/t4-/m1/s1. The molecule has 0 spiro atoms. The first-order chi connectivity index (χ1) is 4.18.